The van der Waals surface area contributed by atoms with Crippen LogP contribution in [-0.4, -0.2) is 21.5 Å². The highest BCUT2D eigenvalue weighted by Crippen LogP contribution is 2.18. The van der Waals surface area contributed by atoms with Gasteiger partial charge in [-0.2, -0.15) is 0 Å². The van der Waals surface area contributed by atoms with E-state index in [1.54, 1.807) is 10.9 Å². The highest BCUT2D eigenvalue weighted by molar-refractivity contribution is 5.21. The minimum atomic E-state index is 0.332. The van der Waals surface area contributed by atoms with Crippen molar-refractivity contribution < 1.29 is 0 Å². The quantitative estimate of drug-likeness (QED) is 0.832. The summed E-state index contributed by atoms with van der Waals surface area (Å²) in [5, 5.41) is 7.80. The molecule has 0 saturated carbocycles. The molecule has 16 heavy (non-hydrogen) atoms. The second-order valence-electron chi connectivity index (χ2n) is 3.90. The molecule has 0 bridgehead atoms. The molecule has 1 atom stereocenters. The van der Waals surface area contributed by atoms with Gasteiger partial charge in [0.25, 0.3) is 0 Å². The molecule has 0 aliphatic heterocycles. The zero-order valence-corrected chi connectivity index (χ0v) is 9.37. The molecule has 84 valence electrons. The van der Waals surface area contributed by atoms with Crippen molar-refractivity contribution in [2.45, 2.75) is 12.3 Å². The Morgan fingerprint density at radius 3 is 2.62 bits per heavy atom. The van der Waals surface area contributed by atoms with Crippen LogP contribution >= 0.6 is 0 Å². The molecule has 1 aromatic carbocycles. The van der Waals surface area contributed by atoms with E-state index in [0.29, 0.717) is 12.5 Å². The van der Waals surface area contributed by atoms with E-state index in [0.717, 1.165) is 12.1 Å². The molecule has 1 unspecified atom stereocenters. The summed E-state index contributed by atoms with van der Waals surface area (Å²) in [6, 6.07) is 10.3. The summed E-state index contributed by atoms with van der Waals surface area (Å²) in [7, 11) is 1.90. The predicted molar refractivity (Wildman–Crippen MR) is 62.9 cm³/mol. The minimum absolute atomic E-state index is 0.332. The summed E-state index contributed by atoms with van der Waals surface area (Å²) in [6.07, 6.45) is 2.68. The van der Waals surface area contributed by atoms with Crippen molar-refractivity contribution in [2.75, 3.05) is 6.54 Å². The number of nitrogens with zero attached hydrogens (tertiary/aromatic N) is 3. The largest absolute Gasteiger partial charge is 0.330 e. The van der Waals surface area contributed by atoms with Gasteiger partial charge in [0.15, 0.2) is 0 Å². The van der Waals surface area contributed by atoms with Gasteiger partial charge >= 0.3 is 0 Å². The number of hydrogen-bond donors (Lipinski definition) is 1. The maximum absolute atomic E-state index is 5.82. The van der Waals surface area contributed by atoms with Crippen LogP contribution in [0.1, 0.15) is 17.2 Å². The maximum atomic E-state index is 5.82. The highest BCUT2D eigenvalue weighted by atomic mass is 15.4. The Morgan fingerprint density at radius 1 is 1.31 bits per heavy atom. The van der Waals surface area contributed by atoms with Gasteiger partial charge in [0, 0.05) is 13.0 Å². The molecule has 2 N–H and O–H groups in total. The van der Waals surface area contributed by atoms with Gasteiger partial charge in [-0.3, -0.25) is 4.68 Å². The first kappa shape index (κ1) is 10.8. The van der Waals surface area contributed by atoms with E-state index >= 15 is 0 Å². The molecule has 1 aromatic heterocycles. The Kier molecular flexibility index (Phi) is 3.31. The smallest absolute Gasteiger partial charge is 0.0725 e. The molecule has 4 heteroatoms. The number of nitrogens with two attached hydrogens (primary N) is 1. The Hall–Kier alpha value is -1.68. The van der Waals surface area contributed by atoms with Crippen molar-refractivity contribution in [1.82, 2.24) is 15.0 Å². The molecular weight excluding hydrogens is 200 g/mol. The molecule has 1 heterocycles. The number of aromatic nitrogens is 3. The van der Waals surface area contributed by atoms with Crippen LogP contribution in [0, 0.1) is 0 Å². The summed E-state index contributed by atoms with van der Waals surface area (Å²) in [5.74, 6) is 0.332. The van der Waals surface area contributed by atoms with Gasteiger partial charge < -0.3 is 5.73 Å². The summed E-state index contributed by atoms with van der Waals surface area (Å²) in [6.45, 7) is 0.634. The standard InChI is InChI=1S/C12H16N4/c1-16-12(9-14-15-16)7-11(8-13)10-5-3-2-4-6-10/h2-6,9,11H,7-8,13H2,1H3. The third-order valence-corrected chi connectivity index (χ3v) is 2.82. The number of hydrogen-bond acceptors (Lipinski definition) is 3. The van der Waals surface area contributed by atoms with Crippen LogP contribution in [-0.2, 0) is 13.5 Å². The second-order valence-corrected chi connectivity index (χ2v) is 3.90. The van der Waals surface area contributed by atoms with Crippen molar-refractivity contribution in [3.8, 4) is 0 Å². The van der Waals surface area contributed by atoms with Crippen molar-refractivity contribution >= 4 is 0 Å². The van der Waals surface area contributed by atoms with Crippen LogP contribution in [0.2, 0.25) is 0 Å². The van der Waals surface area contributed by atoms with Gasteiger partial charge in [-0.1, -0.05) is 35.5 Å². The first-order valence-electron chi connectivity index (χ1n) is 5.40. The van der Waals surface area contributed by atoms with E-state index in [1.807, 2.05) is 25.2 Å². The van der Waals surface area contributed by atoms with E-state index < -0.39 is 0 Å². The third kappa shape index (κ3) is 2.28. The first-order valence-corrected chi connectivity index (χ1v) is 5.40. The molecule has 0 spiro atoms. The van der Waals surface area contributed by atoms with Crippen LogP contribution in [0.4, 0.5) is 0 Å². The van der Waals surface area contributed by atoms with Crippen molar-refractivity contribution in [1.29, 1.82) is 0 Å². The predicted octanol–water partition coefficient (Wildman–Crippen LogP) is 1.10. The van der Waals surface area contributed by atoms with Crippen molar-refractivity contribution in [2.24, 2.45) is 12.8 Å². The Morgan fingerprint density at radius 2 is 2.06 bits per heavy atom. The molecule has 2 aromatic rings. The van der Waals surface area contributed by atoms with Crippen LogP contribution in [0.3, 0.4) is 0 Å². The minimum Gasteiger partial charge on any atom is -0.330 e. The van der Waals surface area contributed by atoms with Crippen LogP contribution in [0.5, 0.6) is 0 Å². The summed E-state index contributed by atoms with van der Waals surface area (Å²) in [5.41, 5.74) is 8.20. The monoisotopic (exact) mass is 216 g/mol. The fraction of sp³-hybridized carbons (Fsp3) is 0.333. The van der Waals surface area contributed by atoms with Gasteiger partial charge in [-0.05, 0) is 18.5 Å². The van der Waals surface area contributed by atoms with Gasteiger partial charge in [0.05, 0.1) is 11.9 Å². The number of benzene rings is 1. The average Bonchev–Trinajstić information content (AvgIpc) is 2.73. The Balaban J connectivity index is 2.16. The zero-order chi connectivity index (χ0) is 11.4. The lowest BCUT2D eigenvalue weighted by Gasteiger charge is -2.14. The summed E-state index contributed by atoms with van der Waals surface area (Å²) in [4.78, 5) is 0. The van der Waals surface area contributed by atoms with E-state index in [9.17, 15) is 0 Å². The molecule has 0 radical (unpaired) electrons. The van der Waals surface area contributed by atoms with Gasteiger partial charge in [-0.25, -0.2) is 0 Å². The number of rotatable bonds is 4. The van der Waals surface area contributed by atoms with Crippen LogP contribution in [0.15, 0.2) is 36.5 Å². The molecular formula is C12H16N4. The number of aryl methyl sites for hydroxylation is 1. The Labute approximate surface area is 95.1 Å². The van der Waals surface area contributed by atoms with Crippen LogP contribution < -0.4 is 5.73 Å². The lowest BCUT2D eigenvalue weighted by molar-refractivity contribution is 0.621. The van der Waals surface area contributed by atoms with Crippen LogP contribution in [0.25, 0.3) is 0 Å². The van der Waals surface area contributed by atoms with Crippen molar-refractivity contribution in [3.63, 3.8) is 0 Å². The fourth-order valence-corrected chi connectivity index (χ4v) is 1.81. The topological polar surface area (TPSA) is 56.7 Å². The van der Waals surface area contributed by atoms with E-state index in [4.69, 9.17) is 5.73 Å². The second kappa shape index (κ2) is 4.90. The average molecular weight is 216 g/mol. The molecule has 0 fully saturated rings. The van der Waals surface area contributed by atoms with Gasteiger partial charge in [-0.15, -0.1) is 5.10 Å². The van der Waals surface area contributed by atoms with E-state index in [2.05, 4.69) is 22.4 Å². The zero-order valence-electron chi connectivity index (χ0n) is 9.37. The van der Waals surface area contributed by atoms with Gasteiger partial charge in [0.2, 0.25) is 0 Å². The first-order chi connectivity index (χ1) is 7.81. The lowest BCUT2D eigenvalue weighted by Crippen LogP contribution is -2.16. The summed E-state index contributed by atoms with van der Waals surface area (Å²) >= 11 is 0. The molecule has 2 rings (SSSR count). The Bertz CT molecular complexity index is 435. The molecule has 0 aliphatic rings. The van der Waals surface area contributed by atoms with E-state index in [1.165, 1.54) is 5.56 Å². The normalized spacial score (nSPS) is 12.6. The SMILES string of the molecule is Cn1nncc1CC(CN)c1ccccc1. The lowest BCUT2D eigenvalue weighted by atomic mass is 9.94. The maximum Gasteiger partial charge on any atom is 0.0725 e. The van der Waals surface area contributed by atoms with Crippen molar-refractivity contribution in [3.05, 3.63) is 47.8 Å². The van der Waals surface area contributed by atoms with Gasteiger partial charge in [0.1, 0.15) is 0 Å². The third-order valence-electron chi connectivity index (χ3n) is 2.82. The molecule has 0 amide bonds. The van der Waals surface area contributed by atoms with E-state index in [-0.39, 0.29) is 0 Å². The molecule has 0 aliphatic carbocycles. The highest BCUT2D eigenvalue weighted by Gasteiger charge is 2.12. The fourth-order valence-electron chi connectivity index (χ4n) is 1.81. The molecule has 0 saturated heterocycles. The molecule has 4 nitrogen and oxygen atoms in total. The summed E-state index contributed by atoms with van der Waals surface area (Å²) < 4.78 is 1.80.